The number of nitrogens with zero attached hydrogens (tertiary/aromatic N) is 3. The van der Waals surface area contributed by atoms with Gasteiger partial charge in [-0.2, -0.15) is 0 Å². The van der Waals surface area contributed by atoms with Gasteiger partial charge in [0.1, 0.15) is 6.61 Å². The molecule has 1 aromatic carbocycles. The minimum atomic E-state index is -0.709. The Bertz CT molecular complexity index is 1030. The smallest absolute Gasteiger partial charge is 0.359 e. The fraction of sp³-hybridized carbons (Fsp3) is 0.300. The number of fused-ring (bicyclic) bond motifs is 1. The molecule has 0 bridgehead atoms. The number of aromatic hydroxyl groups is 1. The lowest BCUT2D eigenvalue weighted by atomic mass is 10.2. The number of rotatable bonds is 6. The van der Waals surface area contributed by atoms with Crippen LogP contribution in [-0.4, -0.2) is 38.2 Å². The molecule has 0 atom stereocenters. The van der Waals surface area contributed by atoms with Gasteiger partial charge >= 0.3 is 11.9 Å². The average molecular weight is 383 g/mol. The van der Waals surface area contributed by atoms with Gasteiger partial charge in [0.05, 0.1) is 12.3 Å². The number of carbonyl (C=O) groups excluding carboxylic acids is 2. The lowest BCUT2D eigenvalue weighted by molar-refractivity contribution is 0.0457. The number of hydrogen-bond donors (Lipinski definition) is 1. The zero-order valence-electron chi connectivity index (χ0n) is 15.9. The Balaban J connectivity index is 1.99. The minimum Gasteiger partial charge on any atom is -0.504 e. The molecule has 0 spiro atoms. The van der Waals surface area contributed by atoms with Crippen molar-refractivity contribution in [3.63, 3.8) is 0 Å². The summed E-state index contributed by atoms with van der Waals surface area (Å²) in [6.07, 6.45) is 0.441. The van der Waals surface area contributed by atoms with Gasteiger partial charge in [-0.25, -0.2) is 19.6 Å². The lowest BCUT2D eigenvalue weighted by Gasteiger charge is -2.07. The second-order valence-electron chi connectivity index (χ2n) is 6.08. The molecule has 2 heterocycles. The van der Waals surface area contributed by atoms with Crippen molar-refractivity contribution in [2.75, 3.05) is 6.61 Å². The van der Waals surface area contributed by atoms with Crippen molar-refractivity contribution in [2.24, 2.45) is 7.05 Å². The van der Waals surface area contributed by atoms with Gasteiger partial charge in [-0.05, 0) is 18.9 Å². The standard InChI is InChI=1S/C20H21N3O5/c1-4-13-14(19(25)27-5-2)22-15-17(24)16(23(3)18(15)21-13)20(26)28-11-12-9-7-6-8-10-12/h6-10,24H,4-5,11H2,1-3H3. The highest BCUT2D eigenvalue weighted by Gasteiger charge is 2.27. The van der Waals surface area contributed by atoms with Crippen molar-refractivity contribution < 1.29 is 24.2 Å². The maximum absolute atomic E-state index is 12.6. The first kappa shape index (κ1) is 19.3. The van der Waals surface area contributed by atoms with Crippen LogP contribution in [0, 0.1) is 0 Å². The lowest BCUT2D eigenvalue weighted by Crippen LogP contribution is -2.13. The van der Waals surface area contributed by atoms with E-state index < -0.39 is 11.9 Å². The highest BCUT2D eigenvalue weighted by Crippen LogP contribution is 2.30. The number of esters is 2. The van der Waals surface area contributed by atoms with E-state index in [4.69, 9.17) is 9.47 Å². The predicted octanol–water partition coefficient (Wildman–Crippen LogP) is 2.77. The molecule has 2 aromatic heterocycles. The summed E-state index contributed by atoms with van der Waals surface area (Å²) in [5.74, 6) is -1.71. The molecular weight excluding hydrogens is 362 g/mol. The van der Waals surface area contributed by atoms with Crippen LogP contribution in [0.3, 0.4) is 0 Å². The molecular formula is C20H21N3O5. The third kappa shape index (κ3) is 3.53. The first-order chi connectivity index (χ1) is 13.5. The van der Waals surface area contributed by atoms with Crippen molar-refractivity contribution in [2.45, 2.75) is 26.9 Å². The Kier molecular flexibility index (Phi) is 5.58. The molecule has 0 radical (unpaired) electrons. The number of benzene rings is 1. The molecule has 0 aliphatic carbocycles. The van der Waals surface area contributed by atoms with Crippen LogP contribution in [0.15, 0.2) is 30.3 Å². The van der Waals surface area contributed by atoms with Gasteiger partial charge in [-0.3, -0.25) is 0 Å². The third-order valence-corrected chi connectivity index (χ3v) is 4.26. The van der Waals surface area contributed by atoms with E-state index in [9.17, 15) is 14.7 Å². The van der Waals surface area contributed by atoms with E-state index in [0.29, 0.717) is 12.1 Å². The monoisotopic (exact) mass is 383 g/mol. The summed E-state index contributed by atoms with van der Waals surface area (Å²) in [5, 5.41) is 10.6. The molecule has 0 aliphatic heterocycles. The predicted molar refractivity (Wildman–Crippen MR) is 101 cm³/mol. The normalized spacial score (nSPS) is 10.8. The molecule has 3 aromatic rings. The number of hydrogen-bond acceptors (Lipinski definition) is 7. The average Bonchev–Trinajstić information content (AvgIpc) is 2.96. The van der Waals surface area contributed by atoms with Crippen LogP contribution in [0.4, 0.5) is 0 Å². The Morgan fingerprint density at radius 1 is 1.07 bits per heavy atom. The van der Waals surface area contributed by atoms with E-state index in [1.807, 2.05) is 37.3 Å². The Hall–Kier alpha value is -3.42. The summed E-state index contributed by atoms with van der Waals surface area (Å²) < 4.78 is 11.7. The van der Waals surface area contributed by atoms with Crippen molar-refractivity contribution in [1.82, 2.24) is 14.5 Å². The zero-order chi connectivity index (χ0) is 20.3. The Morgan fingerprint density at radius 3 is 2.43 bits per heavy atom. The molecule has 0 fully saturated rings. The first-order valence-electron chi connectivity index (χ1n) is 8.94. The summed E-state index contributed by atoms with van der Waals surface area (Å²) in [4.78, 5) is 33.4. The van der Waals surface area contributed by atoms with Crippen molar-refractivity contribution in [3.8, 4) is 5.75 Å². The number of aryl methyl sites for hydroxylation is 2. The van der Waals surface area contributed by atoms with E-state index in [1.165, 1.54) is 4.57 Å². The first-order valence-corrected chi connectivity index (χ1v) is 8.94. The molecule has 8 heteroatoms. The second kappa shape index (κ2) is 8.08. The molecule has 3 rings (SSSR count). The highest BCUT2D eigenvalue weighted by atomic mass is 16.5. The van der Waals surface area contributed by atoms with Crippen LogP contribution in [-0.2, 0) is 29.5 Å². The zero-order valence-corrected chi connectivity index (χ0v) is 15.9. The van der Waals surface area contributed by atoms with Gasteiger partial charge in [0.2, 0.25) is 0 Å². The molecule has 28 heavy (non-hydrogen) atoms. The molecule has 8 nitrogen and oxygen atoms in total. The van der Waals surface area contributed by atoms with Crippen LogP contribution in [0.5, 0.6) is 5.75 Å². The number of aromatic nitrogens is 3. The van der Waals surface area contributed by atoms with E-state index in [2.05, 4.69) is 9.97 Å². The van der Waals surface area contributed by atoms with Crippen molar-refractivity contribution in [3.05, 3.63) is 53.0 Å². The second-order valence-corrected chi connectivity index (χ2v) is 6.08. The summed E-state index contributed by atoms with van der Waals surface area (Å²) in [6.45, 7) is 3.78. The van der Waals surface area contributed by atoms with Crippen LogP contribution in [0.1, 0.15) is 46.1 Å². The van der Waals surface area contributed by atoms with Gasteiger partial charge < -0.3 is 19.1 Å². The van der Waals surface area contributed by atoms with Gasteiger partial charge in [-0.1, -0.05) is 37.3 Å². The molecule has 0 saturated carbocycles. The van der Waals surface area contributed by atoms with Crippen LogP contribution in [0.2, 0.25) is 0 Å². The Morgan fingerprint density at radius 2 is 1.79 bits per heavy atom. The fourth-order valence-electron chi connectivity index (χ4n) is 2.86. The highest BCUT2D eigenvalue weighted by molar-refractivity contribution is 6.00. The molecule has 0 unspecified atom stereocenters. The van der Waals surface area contributed by atoms with E-state index in [0.717, 1.165) is 5.56 Å². The van der Waals surface area contributed by atoms with Crippen LogP contribution in [0.25, 0.3) is 11.2 Å². The molecule has 0 amide bonds. The summed E-state index contributed by atoms with van der Waals surface area (Å²) >= 11 is 0. The van der Waals surface area contributed by atoms with Crippen molar-refractivity contribution >= 4 is 23.1 Å². The molecule has 146 valence electrons. The van der Waals surface area contributed by atoms with Crippen molar-refractivity contribution in [1.29, 1.82) is 0 Å². The fourth-order valence-corrected chi connectivity index (χ4v) is 2.86. The van der Waals surface area contributed by atoms with E-state index >= 15 is 0 Å². The topological polar surface area (TPSA) is 104 Å². The largest absolute Gasteiger partial charge is 0.504 e. The number of ether oxygens (including phenoxy) is 2. The maximum Gasteiger partial charge on any atom is 0.359 e. The maximum atomic E-state index is 12.6. The summed E-state index contributed by atoms with van der Waals surface area (Å²) in [5.41, 5.74) is 1.54. The van der Waals surface area contributed by atoms with Crippen LogP contribution >= 0.6 is 0 Å². The quantitative estimate of drug-likeness (QED) is 0.653. The summed E-state index contributed by atoms with van der Waals surface area (Å²) in [7, 11) is 1.58. The Labute approximate surface area is 161 Å². The van der Waals surface area contributed by atoms with Gasteiger partial charge in [0.25, 0.3) is 0 Å². The minimum absolute atomic E-state index is 0.0296. The van der Waals surface area contributed by atoms with Gasteiger partial charge in [0, 0.05) is 7.05 Å². The third-order valence-electron chi connectivity index (χ3n) is 4.26. The molecule has 0 aliphatic rings. The van der Waals surface area contributed by atoms with E-state index in [-0.39, 0.29) is 41.5 Å². The SMILES string of the molecule is CCOC(=O)c1nc2c(O)c(C(=O)OCc3ccccc3)n(C)c2nc1CC. The van der Waals surface area contributed by atoms with Gasteiger partial charge in [-0.15, -0.1) is 0 Å². The number of carbonyl (C=O) groups is 2. The molecule has 0 saturated heterocycles. The van der Waals surface area contributed by atoms with Gasteiger partial charge in [0.15, 0.2) is 28.3 Å². The molecule has 1 N–H and O–H groups in total. The van der Waals surface area contributed by atoms with Crippen LogP contribution < -0.4 is 0 Å². The van der Waals surface area contributed by atoms with E-state index in [1.54, 1.807) is 14.0 Å². The summed E-state index contributed by atoms with van der Waals surface area (Å²) in [6, 6.07) is 9.21.